The van der Waals surface area contributed by atoms with Gasteiger partial charge in [0, 0.05) is 40.8 Å². The average molecular weight is 437 g/mol. The van der Waals surface area contributed by atoms with Crippen molar-refractivity contribution in [3.05, 3.63) is 64.4 Å². The molecule has 0 radical (unpaired) electrons. The van der Waals surface area contributed by atoms with Crippen molar-refractivity contribution in [1.29, 1.82) is 0 Å². The third kappa shape index (κ3) is 4.50. The predicted octanol–water partition coefficient (Wildman–Crippen LogP) is 3.19. The molecule has 2 N–H and O–H groups in total. The second kappa shape index (κ2) is 8.54. The maximum absolute atomic E-state index is 12.3. The Balaban J connectivity index is 1.61. The lowest BCUT2D eigenvalue weighted by molar-refractivity contribution is 0.0918. The number of carbonyl (C=O) groups is 1. The van der Waals surface area contributed by atoms with Crippen LogP contribution in [0.5, 0.6) is 0 Å². The highest BCUT2D eigenvalue weighted by Gasteiger charge is 2.18. The fourth-order valence-corrected chi connectivity index (χ4v) is 5.19. The molecule has 0 aliphatic rings. The number of nitrogens with zero attached hydrogens (tertiary/aromatic N) is 1. The molecule has 1 unspecified atom stereocenters. The topological polar surface area (TPSA) is 86.7 Å². The summed E-state index contributed by atoms with van der Waals surface area (Å²) in [4.78, 5) is 15.4. The summed E-state index contributed by atoms with van der Waals surface area (Å²) in [7, 11) is -0.633. The Morgan fingerprint density at radius 2 is 1.82 bits per heavy atom. The quantitative estimate of drug-likeness (QED) is 0.596. The fourth-order valence-electron chi connectivity index (χ4n) is 2.46. The summed E-state index contributed by atoms with van der Waals surface area (Å²) in [6, 6.07) is 13.5. The first kappa shape index (κ1) is 20.7. The number of thiophene rings is 2. The number of aliphatic hydroxyl groups excluding tert-OH is 1. The number of carbonyl (C=O) groups excluding carboxylic acids is 1. The Morgan fingerprint density at radius 1 is 1.11 bits per heavy atom. The molecule has 3 aromatic rings. The van der Waals surface area contributed by atoms with E-state index in [0.717, 1.165) is 18.9 Å². The summed E-state index contributed by atoms with van der Waals surface area (Å²) in [6.07, 6.45) is -0.809. The molecule has 0 spiro atoms. The molecule has 148 valence electrons. The average Bonchev–Trinajstić information content (AvgIpc) is 3.37. The molecule has 2 heterocycles. The van der Waals surface area contributed by atoms with Gasteiger partial charge in [-0.2, -0.15) is 0 Å². The van der Waals surface area contributed by atoms with Gasteiger partial charge in [0.1, 0.15) is 6.10 Å². The highest BCUT2D eigenvalue weighted by molar-refractivity contribution is 7.89. The highest BCUT2D eigenvalue weighted by atomic mass is 32.2. The third-order valence-electron chi connectivity index (χ3n) is 4.07. The third-order valence-corrected chi connectivity index (χ3v) is 8.15. The lowest BCUT2D eigenvalue weighted by Gasteiger charge is -2.12. The molecule has 28 heavy (non-hydrogen) atoms. The molecular formula is C19H20N2O4S3. The maximum Gasteiger partial charge on any atom is 0.251 e. The Bertz CT molecular complexity index is 1040. The van der Waals surface area contributed by atoms with Gasteiger partial charge in [0.05, 0.1) is 4.90 Å². The molecule has 0 saturated heterocycles. The largest absolute Gasteiger partial charge is 0.386 e. The summed E-state index contributed by atoms with van der Waals surface area (Å²) >= 11 is 3.13. The van der Waals surface area contributed by atoms with Crippen LogP contribution in [-0.4, -0.2) is 44.4 Å². The summed E-state index contributed by atoms with van der Waals surface area (Å²) in [5.41, 5.74) is 0.329. The maximum atomic E-state index is 12.3. The van der Waals surface area contributed by atoms with Gasteiger partial charge in [0.25, 0.3) is 5.91 Å². The Labute approximate surface area is 172 Å². The van der Waals surface area contributed by atoms with Crippen LogP contribution in [0.15, 0.2) is 58.8 Å². The van der Waals surface area contributed by atoms with Crippen LogP contribution < -0.4 is 5.32 Å². The van der Waals surface area contributed by atoms with Gasteiger partial charge >= 0.3 is 0 Å². The van der Waals surface area contributed by atoms with Crippen LogP contribution >= 0.6 is 22.7 Å². The lowest BCUT2D eigenvalue weighted by atomic mass is 10.2. The van der Waals surface area contributed by atoms with E-state index in [1.165, 1.54) is 49.7 Å². The molecule has 0 aliphatic carbocycles. The highest BCUT2D eigenvalue weighted by Crippen LogP contribution is 2.33. The van der Waals surface area contributed by atoms with Gasteiger partial charge in [-0.1, -0.05) is 6.07 Å². The second-order valence-corrected chi connectivity index (χ2v) is 10.4. The van der Waals surface area contributed by atoms with E-state index in [4.69, 9.17) is 0 Å². The number of hydrogen-bond donors (Lipinski definition) is 2. The van der Waals surface area contributed by atoms with Gasteiger partial charge in [-0.05, 0) is 47.8 Å². The SMILES string of the molecule is CN(C)S(=O)(=O)c1ccc(C(=O)NCC(O)c2ccc(-c3cccs3)s2)cc1. The van der Waals surface area contributed by atoms with Crippen molar-refractivity contribution in [3.8, 4) is 9.75 Å². The van der Waals surface area contributed by atoms with Crippen molar-refractivity contribution < 1.29 is 18.3 Å². The Kier molecular flexibility index (Phi) is 6.31. The van der Waals surface area contributed by atoms with Crippen LogP contribution in [0.3, 0.4) is 0 Å². The molecule has 1 aromatic carbocycles. The molecule has 1 atom stereocenters. The van der Waals surface area contributed by atoms with Crippen LogP contribution in [0.1, 0.15) is 21.3 Å². The standard InChI is InChI=1S/C19H20N2O4S3/c1-21(2)28(24,25)14-7-5-13(6-8-14)19(23)20-12-15(22)16-9-10-18(27-16)17-4-3-11-26-17/h3-11,15,22H,12H2,1-2H3,(H,20,23). The van der Waals surface area contributed by atoms with E-state index in [-0.39, 0.29) is 17.3 Å². The van der Waals surface area contributed by atoms with Crippen LogP contribution in [-0.2, 0) is 10.0 Å². The normalized spacial score (nSPS) is 12.9. The van der Waals surface area contributed by atoms with E-state index in [0.29, 0.717) is 5.56 Å². The smallest absolute Gasteiger partial charge is 0.251 e. The number of amides is 1. The van der Waals surface area contributed by atoms with E-state index in [1.807, 2.05) is 29.6 Å². The summed E-state index contributed by atoms with van der Waals surface area (Å²) in [5, 5.41) is 15.0. The van der Waals surface area contributed by atoms with Crippen LogP contribution in [0.2, 0.25) is 0 Å². The first-order chi connectivity index (χ1) is 13.3. The number of benzene rings is 1. The molecule has 2 aromatic heterocycles. The van der Waals surface area contributed by atoms with E-state index in [9.17, 15) is 18.3 Å². The summed E-state index contributed by atoms with van der Waals surface area (Å²) < 4.78 is 25.2. The van der Waals surface area contributed by atoms with Gasteiger partial charge < -0.3 is 10.4 Å². The number of aliphatic hydroxyl groups is 1. The van der Waals surface area contributed by atoms with E-state index >= 15 is 0 Å². The molecule has 0 bridgehead atoms. The second-order valence-electron chi connectivity index (χ2n) is 6.22. The first-order valence-electron chi connectivity index (χ1n) is 8.41. The van der Waals surface area contributed by atoms with Crippen LogP contribution in [0.25, 0.3) is 9.75 Å². The van der Waals surface area contributed by atoms with Crippen LogP contribution in [0.4, 0.5) is 0 Å². The minimum absolute atomic E-state index is 0.0704. The van der Waals surface area contributed by atoms with Gasteiger partial charge in [-0.25, -0.2) is 12.7 Å². The van der Waals surface area contributed by atoms with Crippen molar-refractivity contribution in [2.24, 2.45) is 0 Å². The number of rotatable bonds is 7. The number of nitrogens with one attached hydrogen (secondary N) is 1. The minimum atomic E-state index is -3.53. The van der Waals surface area contributed by atoms with Crippen LogP contribution in [0, 0.1) is 0 Å². The van der Waals surface area contributed by atoms with Gasteiger partial charge in [-0.3, -0.25) is 4.79 Å². The van der Waals surface area contributed by atoms with Gasteiger partial charge in [0.15, 0.2) is 0 Å². The van der Waals surface area contributed by atoms with Crippen molar-refractivity contribution in [1.82, 2.24) is 9.62 Å². The van der Waals surface area contributed by atoms with E-state index in [1.54, 1.807) is 11.3 Å². The zero-order valence-corrected chi connectivity index (χ0v) is 17.8. The lowest BCUT2D eigenvalue weighted by Crippen LogP contribution is -2.28. The monoisotopic (exact) mass is 436 g/mol. The molecule has 0 fully saturated rings. The van der Waals surface area contributed by atoms with E-state index < -0.39 is 16.1 Å². The van der Waals surface area contributed by atoms with Gasteiger partial charge in [0.2, 0.25) is 10.0 Å². The minimum Gasteiger partial charge on any atom is -0.386 e. The van der Waals surface area contributed by atoms with Crippen molar-refractivity contribution in [3.63, 3.8) is 0 Å². The Morgan fingerprint density at radius 3 is 2.43 bits per heavy atom. The molecular weight excluding hydrogens is 416 g/mol. The first-order valence-corrected chi connectivity index (χ1v) is 11.5. The molecule has 0 saturated carbocycles. The summed E-state index contributed by atoms with van der Waals surface area (Å²) in [5.74, 6) is -0.372. The molecule has 3 rings (SSSR count). The number of hydrogen-bond acceptors (Lipinski definition) is 6. The molecule has 9 heteroatoms. The number of sulfonamides is 1. The molecule has 6 nitrogen and oxygen atoms in total. The molecule has 0 aliphatic heterocycles. The fraction of sp³-hybridized carbons (Fsp3) is 0.211. The van der Waals surface area contributed by atoms with Crippen molar-refractivity contribution >= 4 is 38.6 Å². The van der Waals surface area contributed by atoms with Crippen molar-refractivity contribution in [2.75, 3.05) is 20.6 Å². The Hall–Kier alpha value is -2.04. The van der Waals surface area contributed by atoms with Gasteiger partial charge in [-0.15, -0.1) is 22.7 Å². The zero-order chi connectivity index (χ0) is 20.3. The van der Waals surface area contributed by atoms with Crippen molar-refractivity contribution in [2.45, 2.75) is 11.0 Å². The van der Waals surface area contributed by atoms with E-state index in [2.05, 4.69) is 5.32 Å². The summed E-state index contributed by atoms with van der Waals surface area (Å²) in [6.45, 7) is 0.0704. The molecule has 1 amide bonds. The predicted molar refractivity (Wildman–Crippen MR) is 112 cm³/mol. The zero-order valence-electron chi connectivity index (χ0n) is 15.3.